The number of nitrogens with two attached hydrogens (primary N) is 1. The lowest BCUT2D eigenvalue weighted by molar-refractivity contribution is -0.125. The Labute approximate surface area is 183 Å². The highest BCUT2D eigenvalue weighted by Gasteiger charge is 2.24. The summed E-state index contributed by atoms with van der Waals surface area (Å²) < 4.78 is 5.66. The lowest BCUT2D eigenvalue weighted by Crippen LogP contribution is -2.44. The number of carbonyl (C=O) groups excluding carboxylic acids is 3. The molecule has 30 heavy (non-hydrogen) atoms. The van der Waals surface area contributed by atoms with Gasteiger partial charge in [-0.3, -0.25) is 14.4 Å². The minimum Gasteiger partial charge on any atom is -0.370 e. The molecule has 2 heterocycles. The van der Waals surface area contributed by atoms with E-state index in [1.54, 1.807) is 35.2 Å². The lowest BCUT2D eigenvalue weighted by atomic mass is 10.1. The molecule has 8 nitrogen and oxygen atoms in total. The maximum absolute atomic E-state index is 12.7. The van der Waals surface area contributed by atoms with Crippen molar-refractivity contribution in [1.29, 1.82) is 0 Å². The van der Waals surface area contributed by atoms with Crippen LogP contribution in [-0.2, 0) is 14.3 Å². The first kappa shape index (κ1) is 22.2. The van der Waals surface area contributed by atoms with E-state index < -0.39 is 6.04 Å². The Morgan fingerprint density at radius 2 is 2.13 bits per heavy atom. The molecule has 1 saturated heterocycles. The Kier molecular flexibility index (Phi) is 7.43. The van der Waals surface area contributed by atoms with E-state index in [0.717, 1.165) is 22.6 Å². The number of carbonyl (C=O) groups is 3. The molecule has 3 rings (SSSR count). The second kappa shape index (κ2) is 10.0. The molecule has 160 valence electrons. The molecule has 1 atom stereocenters. The first-order chi connectivity index (χ1) is 14.4. The Balaban J connectivity index is 1.68. The van der Waals surface area contributed by atoms with Crippen molar-refractivity contribution >= 4 is 52.0 Å². The van der Waals surface area contributed by atoms with E-state index in [0.29, 0.717) is 28.1 Å². The third-order valence-electron chi connectivity index (χ3n) is 4.62. The molecule has 4 N–H and O–H groups in total. The molecule has 0 radical (unpaired) electrons. The maximum atomic E-state index is 12.7. The number of aryl methyl sites for hydroxylation is 1. The largest absolute Gasteiger partial charge is 0.370 e. The number of hydrogen-bond acceptors (Lipinski definition) is 6. The number of amides is 3. The molecule has 10 heteroatoms. The van der Waals surface area contributed by atoms with Gasteiger partial charge in [0.1, 0.15) is 12.6 Å². The van der Waals surface area contributed by atoms with Gasteiger partial charge in [-0.05, 0) is 55.8 Å². The van der Waals surface area contributed by atoms with Gasteiger partial charge in [0.2, 0.25) is 5.91 Å². The van der Waals surface area contributed by atoms with E-state index >= 15 is 0 Å². The van der Waals surface area contributed by atoms with Crippen LogP contribution in [0.4, 0.5) is 11.4 Å². The molecular weight excluding hydrogens is 428 g/mol. The highest BCUT2D eigenvalue weighted by molar-refractivity contribution is 7.18. The van der Waals surface area contributed by atoms with Crippen LogP contribution < -0.4 is 21.3 Å². The molecule has 0 aliphatic carbocycles. The molecule has 1 aromatic heterocycles. The molecule has 0 bridgehead atoms. The molecule has 0 spiro atoms. The molecule has 1 aromatic carbocycles. The molecule has 3 amide bonds. The zero-order valence-electron chi connectivity index (χ0n) is 16.4. The smallest absolute Gasteiger partial charge is 0.262 e. The van der Waals surface area contributed by atoms with Gasteiger partial charge in [0.15, 0.2) is 0 Å². The van der Waals surface area contributed by atoms with Gasteiger partial charge >= 0.3 is 0 Å². The van der Waals surface area contributed by atoms with Crippen LogP contribution in [0.5, 0.6) is 0 Å². The van der Waals surface area contributed by atoms with Crippen molar-refractivity contribution in [3.05, 3.63) is 45.1 Å². The number of nitrogens with one attached hydrogen (secondary N) is 2. The van der Waals surface area contributed by atoms with Gasteiger partial charge in [-0.25, -0.2) is 0 Å². The van der Waals surface area contributed by atoms with E-state index in [9.17, 15) is 14.4 Å². The third-order valence-corrected chi connectivity index (χ3v) is 5.85. The number of nitrogens with zero attached hydrogens (tertiary/aromatic N) is 1. The summed E-state index contributed by atoms with van der Waals surface area (Å²) in [6.07, 6.45) is 0.288. The van der Waals surface area contributed by atoms with Crippen LogP contribution in [0.2, 0.25) is 4.34 Å². The van der Waals surface area contributed by atoms with Gasteiger partial charge in [0, 0.05) is 17.9 Å². The van der Waals surface area contributed by atoms with Gasteiger partial charge in [0.05, 0.1) is 15.8 Å². The van der Waals surface area contributed by atoms with Crippen LogP contribution in [-0.4, -0.2) is 50.1 Å². The number of morpholine rings is 1. The minimum atomic E-state index is -0.788. The zero-order chi connectivity index (χ0) is 21.7. The van der Waals surface area contributed by atoms with E-state index in [1.807, 2.05) is 6.92 Å². The van der Waals surface area contributed by atoms with E-state index in [-0.39, 0.29) is 37.3 Å². The number of halogens is 1. The standard InChI is InChI=1S/C20H23ClN4O4S/c1-12-10-13(2-3-15(12)25-8-9-29-11-18(25)26)23-19(27)14(6-7-22)24-20(28)16-4-5-17(21)30-16/h2-5,10,14H,6-9,11,22H2,1H3,(H,23,27)(H,24,28)/t14-/m1/s1. The van der Waals surface area contributed by atoms with Crippen molar-refractivity contribution in [3.63, 3.8) is 0 Å². The molecule has 2 aromatic rings. The molecule has 1 aliphatic heterocycles. The van der Waals surface area contributed by atoms with Crippen molar-refractivity contribution in [2.24, 2.45) is 5.73 Å². The van der Waals surface area contributed by atoms with Crippen LogP contribution in [0.1, 0.15) is 21.7 Å². The average molecular weight is 451 g/mol. The van der Waals surface area contributed by atoms with Crippen LogP contribution in [0.15, 0.2) is 30.3 Å². The van der Waals surface area contributed by atoms with Crippen LogP contribution in [0, 0.1) is 6.92 Å². The summed E-state index contributed by atoms with van der Waals surface area (Å²) in [5.41, 5.74) is 7.81. The second-order valence-corrected chi connectivity index (χ2v) is 8.51. The Hall–Kier alpha value is -2.46. The van der Waals surface area contributed by atoms with Crippen molar-refractivity contribution in [1.82, 2.24) is 5.32 Å². The predicted octanol–water partition coefficient (Wildman–Crippen LogP) is 2.16. The predicted molar refractivity (Wildman–Crippen MR) is 117 cm³/mol. The number of rotatable bonds is 7. The van der Waals surface area contributed by atoms with Gasteiger partial charge < -0.3 is 26.0 Å². The topological polar surface area (TPSA) is 114 Å². The van der Waals surface area contributed by atoms with Gasteiger partial charge in [-0.2, -0.15) is 0 Å². The first-order valence-corrected chi connectivity index (χ1v) is 10.6. The van der Waals surface area contributed by atoms with E-state index in [4.69, 9.17) is 22.1 Å². The van der Waals surface area contributed by atoms with Crippen LogP contribution >= 0.6 is 22.9 Å². The average Bonchev–Trinajstić information content (AvgIpc) is 3.15. The molecule has 1 fully saturated rings. The fourth-order valence-electron chi connectivity index (χ4n) is 3.14. The van der Waals surface area contributed by atoms with Gasteiger partial charge in [-0.1, -0.05) is 11.6 Å². The molecule has 0 saturated carbocycles. The monoisotopic (exact) mass is 450 g/mol. The summed E-state index contributed by atoms with van der Waals surface area (Å²) in [6.45, 7) is 3.14. The van der Waals surface area contributed by atoms with Gasteiger partial charge in [-0.15, -0.1) is 11.3 Å². The fourth-order valence-corrected chi connectivity index (χ4v) is 4.09. The summed E-state index contributed by atoms with van der Waals surface area (Å²) in [4.78, 5) is 39.3. The van der Waals surface area contributed by atoms with Crippen LogP contribution in [0.25, 0.3) is 0 Å². The highest BCUT2D eigenvalue weighted by Crippen LogP contribution is 2.25. The minimum absolute atomic E-state index is 0.0633. The summed E-state index contributed by atoms with van der Waals surface area (Å²) in [5.74, 6) is -0.843. The van der Waals surface area contributed by atoms with Crippen molar-refractivity contribution in [2.75, 3.05) is 36.5 Å². The zero-order valence-corrected chi connectivity index (χ0v) is 18.0. The van der Waals surface area contributed by atoms with Gasteiger partial charge in [0.25, 0.3) is 11.8 Å². The SMILES string of the molecule is Cc1cc(NC(=O)[C@@H](CCN)NC(=O)c2ccc(Cl)s2)ccc1N1CCOCC1=O. The number of hydrogen-bond donors (Lipinski definition) is 3. The fraction of sp³-hybridized carbons (Fsp3) is 0.350. The quantitative estimate of drug-likeness (QED) is 0.598. The summed E-state index contributed by atoms with van der Waals surface area (Å²) in [6, 6.07) is 7.75. The Bertz CT molecular complexity index is 949. The van der Waals surface area contributed by atoms with Crippen molar-refractivity contribution in [3.8, 4) is 0 Å². The number of benzene rings is 1. The van der Waals surface area contributed by atoms with E-state index in [2.05, 4.69) is 10.6 Å². The van der Waals surface area contributed by atoms with Crippen LogP contribution in [0.3, 0.4) is 0 Å². The number of anilines is 2. The molecule has 0 unspecified atom stereocenters. The number of thiophene rings is 1. The second-order valence-electron chi connectivity index (χ2n) is 6.80. The van der Waals surface area contributed by atoms with E-state index in [1.165, 1.54) is 0 Å². The summed E-state index contributed by atoms with van der Waals surface area (Å²) in [7, 11) is 0. The molecular formula is C20H23ClN4O4S. The summed E-state index contributed by atoms with van der Waals surface area (Å²) >= 11 is 7.01. The Morgan fingerprint density at radius 1 is 1.33 bits per heavy atom. The van der Waals surface area contributed by atoms with Crippen molar-refractivity contribution in [2.45, 2.75) is 19.4 Å². The third kappa shape index (κ3) is 5.37. The highest BCUT2D eigenvalue weighted by atomic mass is 35.5. The van der Waals surface area contributed by atoms with Crippen molar-refractivity contribution < 1.29 is 19.1 Å². The number of ether oxygens (including phenoxy) is 1. The normalized spacial score (nSPS) is 15.0. The summed E-state index contributed by atoms with van der Waals surface area (Å²) in [5, 5.41) is 5.52. The molecule has 1 aliphatic rings. The lowest BCUT2D eigenvalue weighted by Gasteiger charge is -2.28. The Morgan fingerprint density at radius 3 is 2.77 bits per heavy atom. The first-order valence-electron chi connectivity index (χ1n) is 9.45. The maximum Gasteiger partial charge on any atom is 0.262 e.